The molecule has 0 radical (unpaired) electrons. The van der Waals surface area contributed by atoms with Crippen LogP contribution in [0.2, 0.25) is 0 Å². The smallest absolute Gasteiger partial charge is 0.257 e. The van der Waals surface area contributed by atoms with Crippen molar-refractivity contribution in [2.45, 2.75) is 13.1 Å². The zero-order chi connectivity index (χ0) is 25.5. The van der Waals surface area contributed by atoms with Gasteiger partial charge in [-0.2, -0.15) is 4.98 Å². The molecular weight excluding hydrogens is 466 g/mol. The molecule has 9 nitrogen and oxygen atoms in total. The monoisotopic (exact) mass is 493 g/mol. The summed E-state index contributed by atoms with van der Waals surface area (Å²) in [6.45, 7) is 1.87. The molecule has 4 aromatic rings. The van der Waals surface area contributed by atoms with Gasteiger partial charge in [-0.05, 0) is 66.7 Å². The molecule has 6 rings (SSSR count). The van der Waals surface area contributed by atoms with Gasteiger partial charge in [-0.3, -0.25) is 9.69 Å². The molecule has 1 aromatic heterocycles. The highest BCUT2D eigenvalue weighted by atomic mass is 16.5. The van der Waals surface area contributed by atoms with Gasteiger partial charge in [-0.25, -0.2) is 4.98 Å². The first kappa shape index (κ1) is 22.8. The number of fused-ring (bicyclic) bond motifs is 3. The highest BCUT2D eigenvalue weighted by molar-refractivity contribution is 6.11. The number of hydrogen-bond donors (Lipinski definition) is 3. The molecule has 0 saturated heterocycles. The molecule has 1 amide bonds. The third-order valence-corrected chi connectivity index (χ3v) is 6.67. The van der Waals surface area contributed by atoms with Crippen LogP contribution in [0.3, 0.4) is 0 Å². The summed E-state index contributed by atoms with van der Waals surface area (Å²) in [5.41, 5.74) is 7.28. The number of ether oxygens (including phenoxy) is 1. The molecule has 0 unspecified atom stereocenters. The van der Waals surface area contributed by atoms with Gasteiger partial charge in [-0.1, -0.05) is 12.1 Å². The van der Waals surface area contributed by atoms with Crippen LogP contribution in [0.4, 0.5) is 40.2 Å². The van der Waals surface area contributed by atoms with Gasteiger partial charge in [0.2, 0.25) is 5.95 Å². The first-order chi connectivity index (χ1) is 18.0. The van der Waals surface area contributed by atoms with Gasteiger partial charge in [0.05, 0.1) is 30.2 Å². The fraction of sp³-hybridized carbons (Fsp3) is 0.179. The number of hydrogen-bond acceptors (Lipinski definition) is 8. The van der Waals surface area contributed by atoms with Gasteiger partial charge in [0.15, 0.2) is 5.82 Å². The predicted octanol–water partition coefficient (Wildman–Crippen LogP) is 5.25. The van der Waals surface area contributed by atoms with Gasteiger partial charge in [0.25, 0.3) is 5.91 Å². The van der Waals surface area contributed by atoms with Crippen LogP contribution in [0.15, 0.2) is 66.9 Å². The molecule has 0 aliphatic carbocycles. The SMILES string of the molecule is COc1cc2c(cc1Nc1ccc(Nc3ncc4c(n3)N(C)c3ccccc3C(=O)N4)cc1)CN(C)C2. The largest absolute Gasteiger partial charge is 0.495 e. The number of anilines is 7. The average molecular weight is 494 g/mol. The first-order valence-electron chi connectivity index (χ1n) is 12.0. The summed E-state index contributed by atoms with van der Waals surface area (Å²) in [6.07, 6.45) is 1.62. The normalized spacial score (nSPS) is 14.2. The molecule has 0 bridgehead atoms. The first-order valence-corrected chi connectivity index (χ1v) is 12.0. The third kappa shape index (κ3) is 4.30. The van der Waals surface area contributed by atoms with Crippen molar-refractivity contribution in [3.63, 3.8) is 0 Å². The number of benzene rings is 3. The van der Waals surface area contributed by atoms with Crippen molar-refractivity contribution in [1.82, 2.24) is 14.9 Å². The lowest BCUT2D eigenvalue weighted by Gasteiger charge is -2.19. The fourth-order valence-electron chi connectivity index (χ4n) is 4.83. The van der Waals surface area contributed by atoms with Gasteiger partial charge in [-0.15, -0.1) is 0 Å². The number of aromatic nitrogens is 2. The molecule has 3 heterocycles. The zero-order valence-corrected chi connectivity index (χ0v) is 20.9. The van der Waals surface area contributed by atoms with Crippen LogP contribution >= 0.6 is 0 Å². The summed E-state index contributed by atoms with van der Waals surface area (Å²) in [5.74, 6) is 1.70. The minimum absolute atomic E-state index is 0.180. The summed E-state index contributed by atoms with van der Waals surface area (Å²) >= 11 is 0. The molecule has 0 saturated carbocycles. The molecule has 3 aromatic carbocycles. The number of rotatable bonds is 5. The van der Waals surface area contributed by atoms with Crippen LogP contribution < -0.4 is 25.6 Å². The van der Waals surface area contributed by atoms with Crippen LogP contribution in [-0.2, 0) is 13.1 Å². The minimum Gasteiger partial charge on any atom is -0.495 e. The Balaban J connectivity index is 1.21. The van der Waals surface area contributed by atoms with Crippen LogP contribution in [0, 0.1) is 0 Å². The number of methoxy groups -OCH3 is 1. The van der Waals surface area contributed by atoms with E-state index >= 15 is 0 Å². The Hall–Kier alpha value is -4.63. The van der Waals surface area contributed by atoms with E-state index in [0.717, 1.165) is 41.6 Å². The topological polar surface area (TPSA) is 94.6 Å². The summed E-state index contributed by atoms with van der Waals surface area (Å²) in [6, 6.07) is 19.6. The molecule has 2 aliphatic heterocycles. The quantitative estimate of drug-likeness (QED) is 0.347. The Kier molecular flexibility index (Phi) is 5.61. The standard InChI is InChI=1S/C28H27N7O2/c1-34-15-17-12-22(25(37-3)13-18(17)16-34)30-19-8-10-20(11-9-19)31-28-29-14-23-26(33-28)35(2)24-7-5-4-6-21(24)27(36)32-23/h4-14,30H,15-16H2,1-3H3,(H,32,36)(H,29,31,33). The Morgan fingerprint density at radius 3 is 2.41 bits per heavy atom. The molecule has 37 heavy (non-hydrogen) atoms. The molecule has 0 fully saturated rings. The Morgan fingerprint density at radius 2 is 1.65 bits per heavy atom. The predicted molar refractivity (Wildman–Crippen MR) is 146 cm³/mol. The minimum atomic E-state index is -0.180. The highest BCUT2D eigenvalue weighted by Gasteiger charge is 2.24. The van der Waals surface area contributed by atoms with Crippen molar-refractivity contribution >= 4 is 46.1 Å². The van der Waals surface area contributed by atoms with E-state index in [1.807, 2.05) is 54.4 Å². The molecule has 3 N–H and O–H groups in total. The lowest BCUT2D eigenvalue weighted by atomic mass is 10.1. The maximum Gasteiger partial charge on any atom is 0.257 e. The van der Waals surface area contributed by atoms with Gasteiger partial charge in [0, 0.05) is 31.5 Å². The summed E-state index contributed by atoms with van der Waals surface area (Å²) in [4.78, 5) is 25.9. The Labute approximate surface area is 215 Å². The van der Waals surface area contributed by atoms with Crippen molar-refractivity contribution in [2.24, 2.45) is 0 Å². The lowest BCUT2D eigenvalue weighted by molar-refractivity contribution is 0.102. The second-order valence-electron chi connectivity index (χ2n) is 9.28. The van der Waals surface area contributed by atoms with E-state index < -0.39 is 0 Å². The van der Waals surface area contributed by atoms with Crippen molar-refractivity contribution in [2.75, 3.05) is 42.1 Å². The van der Waals surface area contributed by atoms with Gasteiger partial charge < -0.3 is 25.6 Å². The summed E-state index contributed by atoms with van der Waals surface area (Å²) < 4.78 is 5.63. The van der Waals surface area contributed by atoms with E-state index in [1.54, 1.807) is 19.4 Å². The van der Waals surface area contributed by atoms with Crippen molar-refractivity contribution in [3.05, 3.63) is 83.6 Å². The molecule has 9 heteroatoms. The summed E-state index contributed by atoms with van der Waals surface area (Å²) in [5, 5.41) is 9.64. The van der Waals surface area contributed by atoms with E-state index in [1.165, 1.54) is 11.1 Å². The average Bonchev–Trinajstić information content (AvgIpc) is 3.23. The molecule has 2 aliphatic rings. The van der Waals surface area contributed by atoms with Crippen molar-refractivity contribution < 1.29 is 9.53 Å². The number of amides is 1. The Morgan fingerprint density at radius 1 is 0.946 bits per heavy atom. The van der Waals surface area contributed by atoms with Gasteiger partial charge in [0.1, 0.15) is 11.4 Å². The molecular formula is C28H27N7O2. The van der Waals surface area contributed by atoms with Crippen molar-refractivity contribution in [3.8, 4) is 5.75 Å². The fourth-order valence-corrected chi connectivity index (χ4v) is 4.83. The van der Waals surface area contributed by atoms with E-state index in [0.29, 0.717) is 23.0 Å². The molecule has 0 atom stereocenters. The van der Waals surface area contributed by atoms with Crippen LogP contribution in [0.1, 0.15) is 21.5 Å². The number of para-hydroxylation sites is 1. The van der Waals surface area contributed by atoms with Crippen LogP contribution in [-0.4, -0.2) is 42.0 Å². The zero-order valence-electron chi connectivity index (χ0n) is 20.9. The second kappa shape index (κ2) is 9.11. The number of nitrogens with zero attached hydrogens (tertiary/aromatic N) is 4. The van der Waals surface area contributed by atoms with Crippen molar-refractivity contribution in [1.29, 1.82) is 0 Å². The highest BCUT2D eigenvalue weighted by Crippen LogP contribution is 2.37. The second-order valence-corrected chi connectivity index (χ2v) is 9.28. The van der Waals surface area contributed by atoms with Gasteiger partial charge >= 0.3 is 0 Å². The number of nitrogens with one attached hydrogen (secondary N) is 3. The van der Waals surface area contributed by atoms with E-state index in [4.69, 9.17) is 4.74 Å². The van der Waals surface area contributed by atoms with E-state index in [2.05, 4.69) is 50.0 Å². The maximum absolute atomic E-state index is 12.6. The van der Waals surface area contributed by atoms with Crippen LogP contribution in [0.5, 0.6) is 5.75 Å². The maximum atomic E-state index is 12.6. The Bertz CT molecular complexity index is 1500. The van der Waals surface area contributed by atoms with Crippen LogP contribution in [0.25, 0.3) is 0 Å². The lowest BCUT2D eigenvalue weighted by Crippen LogP contribution is -2.13. The number of carbonyl (C=O) groups excluding carboxylic acids is 1. The summed E-state index contributed by atoms with van der Waals surface area (Å²) in [7, 11) is 5.70. The van der Waals surface area contributed by atoms with E-state index in [-0.39, 0.29) is 5.91 Å². The van der Waals surface area contributed by atoms with E-state index in [9.17, 15) is 4.79 Å². The molecule has 0 spiro atoms. The molecule has 186 valence electrons. The third-order valence-electron chi connectivity index (χ3n) is 6.67. The number of carbonyl (C=O) groups is 1.